The summed E-state index contributed by atoms with van der Waals surface area (Å²) in [6.45, 7) is 7.78. The molecule has 6 atom stereocenters. The fourth-order valence-electron chi connectivity index (χ4n) is 6.94. The number of carbonyl (C=O) groups is 7. The number of aliphatic imine (C=N–C) groups is 2. The molecule has 0 aliphatic heterocycles. The Morgan fingerprint density at radius 3 is 1.52 bits per heavy atom. The van der Waals surface area contributed by atoms with Crippen LogP contribution in [0.4, 0.5) is 0 Å². The van der Waals surface area contributed by atoms with Crippen LogP contribution in [-0.4, -0.2) is 127 Å². The van der Waals surface area contributed by atoms with Gasteiger partial charge in [0.15, 0.2) is 11.9 Å². The lowest BCUT2D eigenvalue weighted by molar-refractivity contribution is -0.135. The number of primary amides is 1. The van der Waals surface area contributed by atoms with Gasteiger partial charge in [0.25, 0.3) is 0 Å². The van der Waals surface area contributed by atoms with Gasteiger partial charge in [-0.25, -0.2) is 0 Å². The molecule has 7 amide bonds. The summed E-state index contributed by atoms with van der Waals surface area (Å²) in [4.78, 5) is 102. The summed E-state index contributed by atoms with van der Waals surface area (Å²) in [5, 5.41) is 28.8. The van der Waals surface area contributed by atoms with Gasteiger partial charge in [-0.3, -0.25) is 43.5 Å². The van der Waals surface area contributed by atoms with E-state index in [4.69, 9.17) is 34.4 Å². The van der Waals surface area contributed by atoms with Gasteiger partial charge in [0.1, 0.15) is 36.0 Å². The van der Waals surface area contributed by atoms with Crippen LogP contribution >= 0.6 is 0 Å². The molecule has 0 radical (unpaired) electrons. The zero-order valence-electron chi connectivity index (χ0n) is 40.2. The zero-order valence-corrected chi connectivity index (χ0v) is 40.2. The number of rotatable bonds is 32. The van der Waals surface area contributed by atoms with Gasteiger partial charge in [0.05, 0.1) is 12.6 Å². The van der Waals surface area contributed by atoms with Crippen LogP contribution in [-0.2, 0) is 46.4 Å². The molecule has 2 rings (SSSR count). The molecule has 0 aliphatic carbocycles. The molecule has 0 saturated heterocycles. The van der Waals surface area contributed by atoms with Crippen LogP contribution in [0.1, 0.15) is 77.3 Å². The number of nitrogens with one attached hydrogen (secondary N) is 7. The second-order valence-corrected chi connectivity index (χ2v) is 17.6. The second kappa shape index (κ2) is 31.1. The SMILES string of the molecule is CC(C)C[C@H](NC(=O)[C@H](Cc1ccccc1)NC(=O)CNCCNC(=O)[C@@H](N)Cc1ccc(O)cc1)C(=O)N[C@@H](CCCN=C(N)N)C(=O)N[C@@H](CCCN=C(N)N)C(=O)N[C@H](CC(C)C)C(N)=O. The van der Waals surface area contributed by atoms with Crippen LogP contribution < -0.4 is 71.6 Å². The molecule has 20 N–H and O–H groups in total. The monoisotopic (exact) mass is 966 g/mol. The zero-order chi connectivity index (χ0) is 51.5. The first-order valence-corrected chi connectivity index (χ1v) is 23.1. The number of guanidine groups is 2. The van der Waals surface area contributed by atoms with E-state index in [1.165, 1.54) is 12.1 Å². The molecule has 2 aromatic rings. The molecule has 0 aliphatic rings. The van der Waals surface area contributed by atoms with Gasteiger partial charge in [-0.2, -0.15) is 0 Å². The molecule has 382 valence electrons. The van der Waals surface area contributed by atoms with E-state index in [0.29, 0.717) is 0 Å². The fourth-order valence-corrected chi connectivity index (χ4v) is 6.94. The second-order valence-electron chi connectivity index (χ2n) is 17.6. The van der Waals surface area contributed by atoms with Gasteiger partial charge in [-0.15, -0.1) is 0 Å². The number of aromatic hydroxyl groups is 1. The molecule has 23 heteroatoms. The van der Waals surface area contributed by atoms with Crippen LogP contribution in [0, 0.1) is 11.8 Å². The van der Waals surface area contributed by atoms with Crippen molar-refractivity contribution in [2.45, 2.75) is 115 Å². The van der Waals surface area contributed by atoms with Crippen molar-refractivity contribution in [1.29, 1.82) is 0 Å². The van der Waals surface area contributed by atoms with Crippen molar-refractivity contribution < 1.29 is 38.7 Å². The average molecular weight is 966 g/mol. The molecule has 0 fully saturated rings. The summed E-state index contributed by atoms with van der Waals surface area (Å²) >= 11 is 0. The molecule has 0 unspecified atom stereocenters. The molecule has 23 nitrogen and oxygen atoms in total. The lowest BCUT2D eigenvalue weighted by Gasteiger charge is -2.28. The van der Waals surface area contributed by atoms with Crippen LogP contribution in [0.15, 0.2) is 64.6 Å². The van der Waals surface area contributed by atoms with Gasteiger partial charge in [-0.05, 0) is 80.0 Å². The van der Waals surface area contributed by atoms with E-state index >= 15 is 0 Å². The van der Waals surface area contributed by atoms with Crippen molar-refractivity contribution in [3.8, 4) is 5.75 Å². The first-order chi connectivity index (χ1) is 32.6. The smallest absolute Gasteiger partial charge is 0.243 e. The third-order valence-electron chi connectivity index (χ3n) is 10.4. The van der Waals surface area contributed by atoms with Gasteiger partial charge in [0.2, 0.25) is 41.4 Å². The predicted molar refractivity (Wildman–Crippen MR) is 263 cm³/mol. The standard InChI is InChI=1S/C46H75N15O8/c1-27(2)22-35(39(48)64)60-42(67)34(13-9-19-56-46(51)52)58-41(66)33(12-8-18-55-45(49)50)59-43(68)36(23-28(3)4)61-44(69)37(25-29-10-6-5-7-11-29)57-38(63)26-53-20-21-54-40(65)32(47)24-30-14-16-31(62)17-15-30/h5-7,10-11,14-17,27-28,32-37,53,62H,8-9,12-13,18-26,47H2,1-4H3,(H2,48,64)(H,54,65)(H,57,63)(H,58,66)(H,59,68)(H,60,67)(H,61,69)(H4,49,50,55)(H4,51,52,56)/t32-,33-,34-,35+,36-,37-/m0/s1. The summed E-state index contributed by atoms with van der Waals surface area (Å²) in [6.07, 6.45) is 1.23. The van der Waals surface area contributed by atoms with Crippen molar-refractivity contribution in [1.82, 2.24) is 37.2 Å². The Kier molecular flexibility index (Phi) is 26.2. The van der Waals surface area contributed by atoms with Crippen molar-refractivity contribution >= 4 is 53.3 Å². The molecule has 2 aromatic carbocycles. The summed E-state index contributed by atoms with van der Waals surface area (Å²) < 4.78 is 0. The summed E-state index contributed by atoms with van der Waals surface area (Å²) in [7, 11) is 0. The number of amides is 7. The van der Waals surface area contributed by atoms with E-state index in [2.05, 4.69) is 47.2 Å². The summed E-state index contributed by atoms with van der Waals surface area (Å²) in [5.41, 5.74) is 35.1. The van der Waals surface area contributed by atoms with Crippen LogP contribution in [0.25, 0.3) is 0 Å². The maximum atomic E-state index is 14.2. The topological polar surface area (TPSA) is 405 Å². The first-order valence-electron chi connectivity index (χ1n) is 23.1. The number of hydrogen-bond acceptors (Lipinski definition) is 12. The number of hydrogen-bond donors (Lipinski definition) is 14. The van der Waals surface area contributed by atoms with Crippen LogP contribution in [0.2, 0.25) is 0 Å². The molecule has 69 heavy (non-hydrogen) atoms. The highest BCUT2D eigenvalue weighted by molar-refractivity contribution is 5.96. The number of nitrogens with two attached hydrogens (primary N) is 6. The Hall–Kier alpha value is -7.01. The minimum Gasteiger partial charge on any atom is -0.508 e. The Labute approximate surface area is 404 Å². The number of benzene rings is 2. The van der Waals surface area contributed by atoms with E-state index in [1.54, 1.807) is 42.5 Å². The molecule has 0 saturated carbocycles. The number of phenols is 1. The third kappa shape index (κ3) is 24.5. The van der Waals surface area contributed by atoms with E-state index < -0.39 is 77.6 Å². The lowest BCUT2D eigenvalue weighted by atomic mass is 10.00. The van der Waals surface area contributed by atoms with Crippen molar-refractivity contribution in [3.05, 3.63) is 65.7 Å². The highest BCUT2D eigenvalue weighted by atomic mass is 16.3. The maximum Gasteiger partial charge on any atom is 0.243 e. The van der Waals surface area contributed by atoms with Crippen LogP contribution in [0.5, 0.6) is 5.75 Å². The normalized spacial score (nSPS) is 13.6. The Balaban J connectivity index is 2.26. The first kappa shape index (κ1) is 58.1. The summed E-state index contributed by atoms with van der Waals surface area (Å²) in [6, 6.07) is 8.65. The summed E-state index contributed by atoms with van der Waals surface area (Å²) in [5.74, 6) is -4.88. The molecular weight excluding hydrogens is 891 g/mol. The average Bonchev–Trinajstić information content (AvgIpc) is 3.27. The number of carbonyl (C=O) groups excluding carboxylic acids is 7. The highest BCUT2D eigenvalue weighted by Gasteiger charge is 2.33. The molecular formula is C46H75N15O8. The molecule has 0 aromatic heterocycles. The number of nitrogens with zero attached hydrogens (tertiary/aromatic N) is 2. The van der Waals surface area contributed by atoms with E-state index in [1.807, 2.05) is 27.7 Å². The van der Waals surface area contributed by atoms with Crippen molar-refractivity contribution in [2.24, 2.45) is 56.2 Å². The minimum absolute atomic E-state index is 0.00297. The fraction of sp³-hybridized carbons (Fsp3) is 0.543. The molecule has 0 heterocycles. The highest BCUT2D eigenvalue weighted by Crippen LogP contribution is 2.13. The van der Waals surface area contributed by atoms with Gasteiger partial charge >= 0.3 is 0 Å². The van der Waals surface area contributed by atoms with Crippen molar-refractivity contribution in [3.63, 3.8) is 0 Å². The quantitative estimate of drug-likeness (QED) is 0.0202. The lowest BCUT2D eigenvalue weighted by Crippen LogP contribution is -2.59. The van der Waals surface area contributed by atoms with E-state index in [9.17, 15) is 38.7 Å². The third-order valence-corrected chi connectivity index (χ3v) is 10.4. The molecule has 0 spiro atoms. The molecule has 0 bridgehead atoms. The van der Waals surface area contributed by atoms with Gasteiger partial charge in [0, 0.05) is 32.6 Å². The Bertz CT molecular complexity index is 2010. The van der Waals surface area contributed by atoms with Gasteiger partial charge < -0.3 is 76.7 Å². The number of phenolic OH excluding ortho intramolecular Hbond substituents is 1. The van der Waals surface area contributed by atoms with Crippen LogP contribution in [0.3, 0.4) is 0 Å². The Morgan fingerprint density at radius 1 is 0.551 bits per heavy atom. The maximum absolute atomic E-state index is 14.2. The predicted octanol–water partition coefficient (Wildman–Crippen LogP) is -2.68. The minimum atomic E-state index is -1.26. The van der Waals surface area contributed by atoms with E-state index in [0.717, 1.165) is 11.1 Å². The van der Waals surface area contributed by atoms with Gasteiger partial charge in [-0.1, -0.05) is 70.2 Å². The van der Waals surface area contributed by atoms with Crippen molar-refractivity contribution in [2.75, 3.05) is 32.7 Å². The largest absolute Gasteiger partial charge is 0.508 e. The van der Waals surface area contributed by atoms with E-state index in [-0.39, 0.29) is 114 Å². The Morgan fingerprint density at radius 2 is 1.01 bits per heavy atom.